The number of hydrogen-bond acceptors (Lipinski definition) is 12. The van der Waals surface area contributed by atoms with Crippen molar-refractivity contribution < 1.29 is 33.6 Å². The van der Waals surface area contributed by atoms with E-state index in [1.807, 2.05) is 22.9 Å². The maximum absolute atomic E-state index is 13.4. The molecule has 0 bridgehead atoms. The first-order valence-corrected chi connectivity index (χ1v) is 23.4. The number of piperidine rings is 3. The number of benzene rings is 2. The van der Waals surface area contributed by atoms with Gasteiger partial charge in [-0.05, 0) is 79.8 Å². The van der Waals surface area contributed by atoms with Crippen molar-refractivity contribution in [2.24, 2.45) is 5.73 Å². The van der Waals surface area contributed by atoms with Gasteiger partial charge in [-0.3, -0.25) is 43.9 Å². The third-order valence-electron chi connectivity index (χ3n) is 14.7. The highest BCUT2D eigenvalue weighted by Gasteiger charge is 2.45. The molecule has 3 N–H and O–H groups in total. The summed E-state index contributed by atoms with van der Waals surface area (Å²) in [6.45, 7) is 10.4. The zero-order chi connectivity index (χ0) is 46.3. The van der Waals surface area contributed by atoms with Crippen LogP contribution in [0.1, 0.15) is 106 Å². The Labute approximate surface area is 384 Å². The van der Waals surface area contributed by atoms with Crippen molar-refractivity contribution in [2.45, 2.75) is 82.2 Å². The minimum absolute atomic E-state index is 0.0624. The number of hydrogen-bond donors (Lipinski definition) is 2. The fourth-order valence-electron chi connectivity index (χ4n) is 10.6. The van der Waals surface area contributed by atoms with Gasteiger partial charge < -0.3 is 30.2 Å². The number of carbonyl (C=O) groups is 7. The number of amides is 8. The number of fused-ring (bicyclic) bond motifs is 1. The SMILES string of the molecule is CN1CCN([C@@H]2CCCN(c3cnc(C(N)=O)c(Cc4ccc(C5(C)CCN(C(=O)CCCN6CCN(c7ccc8c(c7)C(=O)N(C7CCC(=O)NC7=O)C8=O)CC6)CC5)cc4)n3)C2)C1=O. The van der Waals surface area contributed by atoms with Crippen LogP contribution >= 0.6 is 0 Å². The summed E-state index contributed by atoms with van der Waals surface area (Å²) in [5.41, 5.74) is 9.96. The van der Waals surface area contributed by atoms with Crippen LogP contribution in [0.3, 0.4) is 0 Å². The fourth-order valence-corrected chi connectivity index (χ4v) is 10.6. The molecule has 8 amide bonds. The summed E-state index contributed by atoms with van der Waals surface area (Å²) in [6.07, 6.45) is 7.03. The van der Waals surface area contributed by atoms with Crippen molar-refractivity contribution in [1.29, 1.82) is 0 Å². The molecule has 18 heteroatoms. The van der Waals surface area contributed by atoms with Gasteiger partial charge in [0.15, 0.2) is 0 Å². The van der Waals surface area contributed by atoms with E-state index in [0.29, 0.717) is 44.0 Å². The van der Waals surface area contributed by atoms with E-state index in [-0.39, 0.29) is 53.1 Å². The molecule has 5 saturated heterocycles. The van der Waals surface area contributed by atoms with Crippen LogP contribution in [0.2, 0.25) is 0 Å². The quantitative estimate of drug-likeness (QED) is 0.252. The Balaban J connectivity index is 0.725. The van der Waals surface area contributed by atoms with E-state index in [2.05, 4.69) is 56.2 Å². The summed E-state index contributed by atoms with van der Waals surface area (Å²) in [7, 11) is 1.83. The molecule has 66 heavy (non-hydrogen) atoms. The molecule has 2 aromatic carbocycles. The standard InChI is InChI=1S/C48H59N11O7/c1-48(32-9-7-31(8-10-32)27-37-42(43(49)62)50-29-39(51-37)57-18-3-5-34(30-57)58-26-21-53(2)47(58)66)15-19-56(20-16-48)41(61)6-4-17-54-22-24-55(25-23-54)33-11-12-35-36(28-33)46(65)59(45(35)64)38-13-14-40(60)52-44(38)63/h7-12,28-29,34,38H,3-6,13-27,30H2,1-2H3,(H2,49,62)(H,52,60,63)/t34-,38?/m1/s1. The van der Waals surface area contributed by atoms with Crippen LogP contribution in [-0.4, -0.2) is 167 Å². The van der Waals surface area contributed by atoms with Crippen molar-refractivity contribution in [3.05, 3.63) is 82.3 Å². The van der Waals surface area contributed by atoms with Gasteiger partial charge in [0.05, 0.1) is 29.1 Å². The number of urea groups is 1. The van der Waals surface area contributed by atoms with Crippen LogP contribution in [0.25, 0.3) is 0 Å². The number of nitrogens with one attached hydrogen (secondary N) is 1. The second-order valence-corrected chi connectivity index (χ2v) is 19.0. The predicted molar refractivity (Wildman–Crippen MR) is 244 cm³/mol. The van der Waals surface area contributed by atoms with Gasteiger partial charge in [0.25, 0.3) is 17.7 Å². The molecular weight excluding hydrogens is 843 g/mol. The smallest absolute Gasteiger partial charge is 0.320 e. The highest BCUT2D eigenvalue weighted by molar-refractivity contribution is 6.23. The molecule has 6 aliphatic heterocycles. The molecule has 3 aromatic rings. The normalized spacial score (nSPS) is 22.6. The van der Waals surface area contributed by atoms with Crippen molar-refractivity contribution in [3.8, 4) is 0 Å². The van der Waals surface area contributed by atoms with Crippen LogP contribution in [0.5, 0.6) is 0 Å². The molecule has 0 radical (unpaired) electrons. The Morgan fingerprint density at radius 2 is 1.59 bits per heavy atom. The minimum Gasteiger partial charge on any atom is -0.369 e. The van der Waals surface area contributed by atoms with Gasteiger partial charge in [0, 0.05) is 97.4 Å². The molecule has 348 valence electrons. The first kappa shape index (κ1) is 44.8. The zero-order valence-corrected chi connectivity index (χ0v) is 37.9. The average molecular weight is 902 g/mol. The van der Waals surface area contributed by atoms with Crippen LogP contribution < -0.4 is 20.9 Å². The highest BCUT2D eigenvalue weighted by Crippen LogP contribution is 2.36. The summed E-state index contributed by atoms with van der Waals surface area (Å²) in [4.78, 5) is 112. The van der Waals surface area contributed by atoms with Gasteiger partial charge >= 0.3 is 6.03 Å². The van der Waals surface area contributed by atoms with Gasteiger partial charge in [-0.15, -0.1) is 0 Å². The highest BCUT2D eigenvalue weighted by atomic mass is 16.2. The molecule has 0 saturated carbocycles. The van der Waals surface area contributed by atoms with E-state index < -0.39 is 35.6 Å². The van der Waals surface area contributed by atoms with E-state index in [1.54, 1.807) is 23.2 Å². The maximum atomic E-state index is 13.4. The van der Waals surface area contributed by atoms with Crippen molar-refractivity contribution in [3.63, 3.8) is 0 Å². The van der Waals surface area contributed by atoms with E-state index in [1.165, 1.54) is 5.56 Å². The van der Waals surface area contributed by atoms with Crippen molar-refractivity contribution >= 4 is 53.0 Å². The summed E-state index contributed by atoms with van der Waals surface area (Å²) in [5.74, 6) is -1.81. The molecule has 0 spiro atoms. The Morgan fingerprint density at radius 3 is 2.29 bits per heavy atom. The number of piperazine rings is 1. The topological polar surface area (TPSA) is 206 Å². The van der Waals surface area contributed by atoms with E-state index in [4.69, 9.17) is 10.7 Å². The number of aromatic nitrogens is 2. The van der Waals surface area contributed by atoms with E-state index in [9.17, 15) is 33.6 Å². The number of nitrogens with two attached hydrogens (primary N) is 1. The van der Waals surface area contributed by atoms with Crippen LogP contribution in [0.15, 0.2) is 48.7 Å². The Kier molecular flexibility index (Phi) is 12.5. The van der Waals surface area contributed by atoms with Crippen molar-refractivity contribution in [2.75, 3.05) is 88.8 Å². The van der Waals surface area contributed by atoms with E-state index >= 15 is 0 Å². The average Bonchev–Trinajstić information content (AvgIpc) is 3.78. The number of imide groups is 2. The van der Waals surface area contributed by atoms with Gasteiger partial charge in [-0.2, -0.15) is 0 Å². The lowest BCUT2D eigenvalue weighted by molar-refractivity contribution is -0.136. The fraction of sp³-hybridized carbons (Fsp3) is 0.521. The number of rotatable bonds is 12. The molecule has 1 unspecified atom stereocenters. The monoisotopic (exact) mass is 901 g/mol. The maximum Gasteiger partial charge on any atom is 0.320 e. The predicted octanol–water partition coefficient (Wildman–Crippen LogP) is 2.39. The summed E-state index contributed by atoms with van der Waals surface area (Å²) < 4.78 is 0. The lowest BCUT2D eigenvalue weighted by Gasteiger charge is -2.40. The molecule has 5 fully saturated rings. The Morgan fingerprint density at radius 1 is 0.848 bits per heavy atom. The third kappa shape index (κ3) is 8.94. The summed E-state index contributed by atoms with van der Waals surface area (Å²) >= 11 is 0. The third-order valence-corrected chi connectivity index (χ3v) is 14.7. The van der Waals surface area contributed by atoms with Crippen LogP contribution in [0.4, 0.5) is 16.3 Å². The van der Waals surface area contributed by atoms with Crippen LogP contribution in [0, 0.1) is 0 Å². The molecule has 6 aliphatic rings. The van der Waals surface area contributed by atoms with E-state index in [0.717, 1.165) is 101 Å². The van der Waals surface area contributed by atoms with Gasteiger partial charge in [-0.25, -0.2) is 14.8 Å². The number of primary amides is 1. The Hall–Kier alpha value is -6.43. The van der Waals surface area contributed by atoms with Gasteiger partial charge in [-0.1, -0.05) is 31.2 Å². The molecular formula is C48H59N11O7. The van der Waals surface area contributed by atoms with Crippen molar-refractivity contribution in [1.82, 2.24) is 39.8 Å². The number of nitrogens with zero attached hydrogens (tertiary/aromatic N) is 9. The molecule has 7 heterocycles. The second kappa shape index (κ2) is 18.5. The van der Waals surface area contributed by atoms with Crippen LogP contribution in [-0.2, 0) is 26.2 Å². The lowest BCUT2D eigenvalue weighted by atomic mass is 9.74. The summed E-state index contributed by atoms with van der Waals surface area (Å²) in [6, 6.07) is 12.9. The first-order valence-electron chi connectivity index (χ1n) is 23.4. The molecule has 9 rings (SSSR count). The molecule has 2 atom stereocenters. The zero-order valence-electron chi connectivity index (χ0n) is 37.9. The van der Waals surface area contributed by atoms with Gasteiger partial charge in [0.1, 0.15) is 17.6 Å². The first-order chi connectivity index (χ1) is 31.8. The lowest BCUT2D eigenvalue weighted by Crippen LogP contribution is -2.54. The molecule has 18 nitrogen and oxygen atoms in total. The number of anilines is 2. The number of likely N-dealkylation sites (N-methyl/N-ethyl adjacent to an activating group) is 1. The molecule has 1 aromatic heterocycles. The minimum atomic E-state index is -0.994. The Bertz CT molecular complexity index is 2430. The largest absolute Gasteiger partial charge is 0.369 e. The second-order valence-electron chi connectivity index (χ2n) is 19.0. The van der Waals surface area contributed by atoms with Gasteiger partial charge in [0.2, 0.25) is 17.7 Å². The molecule has 0 aliphatic carbocycles. The summed E-state index contributed by atoms with van der Waals surface area (Å²) in [5, 5.41) is 2.23. The number of likely N-dealkylation sites (tertiary alicyclic amines) is 1. The number of carbonyl (C=O) groups excluding carboxylic acids is 7.